The van der Waals surface area contributed by atoms with Crippen LogP contribution in [-0.4, -0.2) is 37.3 Å². The number of benzene rings is 1. The van der Waals surface area contributed by atoms with Gasteiger partial charge in [0.05, 0.1) is 0 Å². The number of aliphatic hydroxyl groups is 2. The van der Waals surface area contributed by atoms with E-state index in [0.29, 0.717) is 11.0 Å². The van der Waals surface area contributed by atoms with Crippen molar-refractivity contribution in [3.63, 3.8) is 0 Å². The Labute approximate surface area is 127 Å². The number of aryl methyl sites for hydroxylation is 1. The van der Waals surface area contributed by atoms with Gasteiger partial charge in [-0.25, -0.2) is 0 Å². The van der Waals surface area contributed by atoms with E-state index in [2.05, 4.69) is 22.0 Å². The van der Waals surface area contributed by atoms with Crippen LogP contribution in [0.1, 0.15) is 25.0 Å². The second-order valence-electron chi connectivity index (χ2n) is 5.39. The SMILES string of the molecule is Cc1ccc(C2(O)C(O)C(PI)=[N+](O)C2(C)C)cc1. The maximum absolute atomic E-state index is 11.1. The molecule has 0 saturated heterocycles. The summed E-state index contributed by atoms with van der Waals surface area (Å²) < 4.78 is 1.02. The van der Waals surface area contributed by atoms with Crippen molar-refractivity contribution >= 4 is 33.7 Å². The Kier molecular flexibility index (Phi) is 3.95. The van der Waals surface area contributed by atoms with Crippen LogP contribution in [0.2, 0.25) is 0 Å². The molecule has 19 heavy (non-hydrogen) atoms. The molecule has 0 fully saturated rings. The van der Waals surface area contributed by atoms with Crippen LogP contribution in [-0.2, 0) is 5.60 Å². The molecule has 3 N–H and O–H groups in total. The summed E-state index contributed by atoms with van der Waals surface area (Å²) in [5, 5.41) is 31.7. The van der Waals surface area contributed by atoms with Gasteiger partial charge in [-0.3, -0.25) is 5.21 Å². The molecule has 0 amide bonds. The number of hydrogen-bond acceptors (Lipinski definition) is 3. The quantitative estimate of drug-likeness (QED) is 0.312. The van der Waals surface area contributed by atoms with Crippen LogP contribution in [0.25, 0.3) is 0 Å². The summed E-state index contributed by atoms with van der Waals surface area (Å²) in [7, 11) is 0. The van der Waals surface area contributed by atoms with Gasteiger partial charge in [0.15, 0.2) is 11.7 Å². The third-order valence-corrected chi connectivity index (χ3v) is 6.27. The zero-order chi connectivity index (χ0) is 14.4. The summed E-state index contributed by atoms with van der Waals surface area (Å²) in [5.74, 6) is 0. The molecule has 104 valence electrons. The molecule has 2 rings (SSSR count). The summed E-state index contributed by atoms with van der Waals surface area (Å²) >= 11 is 2.10. The first-order valence-corrected chi connectivity index (χ1v) is 10.1. The lowest BCUT2D eigenvalue weighted by Crippen LogP contribution is -2.54. The molecule has 4 nitrogen and oxygen atoms in total. The van der Waals surface area contributed by atoms with Gasteiger partial charge in [0, 0.05) is 20.1 Å². The zero-order valence-corrected chi connectivity index (χ0v) is 14.2. The number of aliphatic hydroxyl groups excluding tert-OH is 1. The second kappa shape index (κ2) is 4.95. The van der Waals surface area contributed by atoms with Crippen molar-refractivity contribution in [2.45, 2.75) is 38.0 Å². The van der Waals surface area contributed by atoms with Crippen molar-refractivity contribution in [2.75, 3.05) is 0 Å². The predicted octanol–water partition coefficient (Wildman–Crippen LogP) is 2.16. The molecule has 6 heteroatoms. The molecule has 1 aromatic carbocycles. The maximum Gasteiger partial charge on any atom is 0.263 e. The van der Waals surface area contributed by atoms with Gasteiger partial charge in [0.2, 0.25) is 5.54 Å². The van der Waals surface area contributed by atoms with Crippen LogP contribution >= 0.6 is 28.3 Å². The fourth-order valence-corrected chi connectivity index (χ4v) is 4.76. The fraction of sp³-hybridized carbons (Fsp3) is 0.462. The Morgan fingerprint density at radius 1 is 1.26 bits per heavy atom. The number of hydrogen-bond donors (Lipinski definition) is 3. The molecule has 0 aliphatic carbocycles. The minimum Gasteiger partial charge on any atom is -0.379 e. The Morgan fingerprint density at radius 3 is 2.21 bits per heavy atom. The molecule has 0 spiro atoms. The second-order valence-corrected chi connectivity index (χ2v) is 7.70. The van der Waals surface area contributed by atoms with Crippen LogP contribution in [0.15, 0.2) is 24.3 Å². The summed E-state index contributed by atoms with van der Waals surface area (Å²) in [5.41, 5.74) is -0.371. The zero-order valence-electron chi connectivity index (χ0n) is 11.1. The summed E-state index contributed by atoms with van der Waals surface area (Å²) in [6, 6.07) is 7.38. The van der Waals surface area contributed by atoms with Crippen molar-refractivity contribution in [3.8, 4) is 0 Å². The maximum atomic E-state index is 11.1. The molecule has 1 aliphatic rings. The molecule has 3 atom stereocenters. The van der Waals surface area contributed by atoms with E-state index in [-0.39, 0.29) is 6.22 Å². The molecule has 0 saturated carbocycles. The first-order chi connectivity index (χ1) is 8.76. The third-order valence-electron chi connectivity index (χ3n) is 3.93. The van der Waals surface area contributed by atoms with Gasteiger partial charge in [-0.15, -0.1) is 0 Å². The lowest BCUT2D eigenvalue weighted by molar-refractivity contribution is -0.824. The molecule has 0 bridgehead atoms. The standard InChI is InChI=1S/C13H18INO3P/c1-8-4-6-9(7-5-8)13(17)10(16)11(19-14)15(18)12(13,2)3/h4-7,10,16-19H,1-3H3/q+1. The number of hydroxylamine groups is 1. The lowest BCUT2D eigenvalue weighted by Gasteiger charge is -2.33. The summed E-state index contributed by atoms with van der Waals surface area (Å²) in [4.78, 5) is 0. The summed E-state index contributed by atoms with van der Waals surface area (Å²) in [6.45, 7) is 5.41. The molecule has 0 radical (unpaired) electrons. The number of rotatable bonds is 2. The topological polar surface area (TPSA) is 63.7 Å². The molecule has 1 aromatic rings. The lowest BCUT2D eigenvalue weighted by atomic mass is 9.76. The van der Waals surface area contributed by atoms with E-state index in [1.54, 1.807) is 26.0 Å². The van der Waals surface area contributed by atoms with Gasteiger partial charge in [0.1, 0.15) is 0 Å². The van der Waals surface area contributed by atoms with E-state index in [1.165, 1.54) is 0 Å². The Bertz CT molecular complexity index is 529. The molecular weight excluding hydrogens is 376 g/mol. The van der Waals surface area contributed by atoms with Crippen LogP contribution < -0.4 is 0 Å². The van der Waals surface area contributed by atoms with Crippen molar-refractivity contribution in [1.29, 1.82) is 0 Å². The van der Waals surface area contributed by atoms with Gasteiger partial charge >= 0.3 is 0 Å². The van der Waals surface area contributed by atoms with Crippen molar-refractivity contribution in [2.24, 2.45) is 0 Å². The van der Waals surface area contributed by atoms with Gasteiger partial charge in [-0.2, -0.15) is 0 Å². The van der Waals surface area contributed by atoms with Gasteiger partial charge in [-0.05, 0) is 39.3 Å². The highest BCUT2D eigenvalue weighted by Crippen LogP contribution is 2.47. The Balaban J connectivity index is 2.58. The highest BCUT2D eigenvalue weighted by Gasteiger charge is 2.68. The molecule has 0 aromatic heterocycles. The third kappa shape index (κ3) is 2.02. The molecular formula is C13H18INO3P+. The van der Waals surface area contributed by atoms with E-state index in [1.807, 2.05) is 19.1 Å². The molecule has 3 unspecified atom stereocenters. The van der Waals surface area contributed by atoms with Gasteiger partial charge in [0.25, 0.3) is 5.45 Å². The number of halogens is 1. The Morgan fingerprint density at radius 2 is 1.79 bits per heavy atom. The normalized spacial score (nSPS) is 30.5. The minimum absolute atomic E-state index is 0.201. The average Bonchev–Trinajstić information content (AvgIpc) is 2.50. The number of nitrogens with zero attached hydrogens (tertiary/aromatic N) is 1. The largest absolute Gasteiger partial charge is 0.379 e. The highest BCUT2D eigenvalue weighted by atomic mass is 127. The van der Waals surface area contributed by atoms with E-state index in [4.69, 9.17) is 0 Å². The molecule has 1 heterocycles. The smallest absolute Gasteiger partial charge is 0.263 e. The van der Waals surface area contributed by atoms with Crippen LogP contribution in [0, 0.1) is 6.92 Å². The van der Waals surface area contributed by atoms with E-state index in [0.717, 1.165) is 10.3 Å². The van der Waals surface area contributed by atoms with Crippen LogP contribution in [0.5, 0.6) is 0 Å². The van der Waals surface area contributed by atoms with Crippen molar-refractivity contribution in [3.05, 3.63) is 35.4 Å². The first-order valence-electron chi connectivity index (χ1n) is 5.97. The average molecular weight is 394 g/mol. The fourth-order valence-electron chi connectivity index (χ4n) is 2.52. The highest BCUT2D eigenvalue weighted by molar-refractivity contribution is 14.2. The Hall–Kier alpha value is -0.230. The summed E-state index contributed by atoms with van der Waals surface area (Å²) in [6.07, 6.45) is -0.905. The van der Waals surface area contributed by atoms with E-state index in [9.17, 15) is 15.4 Å². The van der Waals surface area contributed by atoms with Gasteiger partial charge < -0.3 is 10.2 Å². The van der Waals surface area contributed by atoms with E-state index < -0.39 is 17.2 Å². The van der Waals surface area contributed by atoms with Crippen molar-refractivity contribution < 1.29 is 20.2 Å². The van der Waals surface area contributed by atoms with Crippen molar-refractivity contribution in [1.82, 2.24) is 0 Å². The predicted molar refractivity (Wildman–Crippen MR) is 84.6 cm³/mol. The van der Waals surface area contributed by atoms with E-state index >= 15 is 0 Å². The van der Waals surface area contributed by atoms with Crippen LogP contribution in [0.3, 0.4) is 0 Å². The first kappa shape index (κ1) is 15.2. The molecule has 1 aliphatic heterocycles. The monoisotopic (exact) mass is 394 g/mol. The van der Waals surface area contributed by atoms with Gasteiger partial charge in [-0.1, -0.05) is 29.8 Å². The minimum atomic E-state index is -1.52. The van der Waals surface area contributed by atoms with Crippen LogP contribution in [0.4, 0.5) is 0 Å².